The van der Waals surface area contributed by atoms with Crippen LogP contribution in [0, 0.1) is 19.7 Å². The quantitative estimate of drug-likeness (QED) is 0.596. The monoisotopic (exact) mass is 283 g/mol. The van der Waals surface area contributed by atoms with Gasteiger partial charge in [-0.3, -0.25) is 9.79 Å². The molecule has 0 heterocycles. The number of Topliss-reactive ketones (excluding diaryl/α,β-unsaturated/α-hetero) is 1. The Morgan fingerprint density at radius 3 is 2.43 bits per heavy atom. The fourth-order valence-electron chi connectivity index (χ4n) is 2.26. The Balaban J connectivity index is 2.27. The number of aliphatic imine (C=N–C) groups is 1. The van der Waals surface area contributed by atoms with Gasteiger partial charge in [-0.2, -0.15) is 0 Å². The molecule has 0 saturated heterocycles. The molecule has 2 aromatic rings. The largest absolute Gasteiger partial charge is 0.294 e. The molecule has 0 N–H and O–H groups in total. The van der Waals surface area contributed by atoms with E-state index >= 15 is 0 Å². The number of rotatable bonds is 4. The third-order valence-corrected chi connectivity index (χ3v) is 3.39. The second-order valence-electron chi connectivity index (χ2n) is 5.07. The number of aryl methyl sites for hydroxylation is 2. The second-order valence-corrected chi connectivity index (χ2v) is 5.07. The highest BCUT2D eigenvalue weighted by molar-refractivity contribution is 5.99. The maximum atomic E-state index is 12.9. The smallest absolute Gasteiger partial charge is 0.167 e. The average molecular weight is 283 g/mol. The van der Waals surface area contributed by atoms with Crippen LogP contribution in [0.5, 0.6) is 0 Å². The molecule has 21 heavy (non-hydrogen) atoms. The summed E-state index contributed by atoms with van der Waals surface area (Å²) in [7, 11) is 0. The van der Waals surface area contributed by atoms with E-state index in [1.807, 2.05) is 32.9 Å². The Kier molecular flexibility index (Phi) is 4.63. The zero-order chi connectivity index (χ0) is 15.4. The Bertz CT molecular complexity index is 687. The highest BCUT2D eigenvalue weighted by Crippen LogP contribution is 2.24. The molecule has 2 aromatic carbocycles. The molecule has 2 rings (SSSR count). The first-order chi connectivity index (χ1) is 10.0. The normalized spacial score (nSPS) is 11.0. The minimum absolute atomic E-state index is 0.0363. The Hall–Kier alpha value is -2.29. The highest BCUT2D eigenvalue weighted by Gasteiger charge is 2.12. The Morgan fingerprint density at radius 2 is 1.81 bits per heavy atom. The lowest BCUT2D eigenvalue weighted by Gasteiger charge is -2.09. The van der Waals surface area contributed by atoms with Crippen LogP contribution in [0.4, 0.5) is 10.1 Å². The third-order valence-electron chi connectivity index (χ3n) is 3.39. The van der Waals surface area contributed by atoms with E-state index < -0.39 is 0 Å². The summed E-state index contributed by atoms with van der Waals surface area (Å²) in [6.07, 6.45) is 2.01. The van der Waals surface area contributed by atoms with Gasteiger partial charge < -0.3 is 0 Å². The van der Waals surface area contributed by atoms with Gasteiger partial charge in [-0.15, -0.1) is 0 Å². The van der Waals surface area contributed by atoms with E-state index in [1.165, 1.54) is 12.1 Å². The van der Waals surface area contributed by atoms with Crippen LogP contribution < -0.4 is 0 Å². The van der Waals surface area contributed by atoms with Crippen LogP contribution in [0.3, 0.4) is 0 Å². The summed E-state index contributed by atoms with van der Waals surface area (Å²) in [5, 5.41) is 0. The lowest BCUT2D eigenvalue weighted by molar-refractivity contribution is 0.0992. The van der Waals surface area contributed by atoms with Crippen LogP contribution in [-0.2, 0) is 6.42 Å². The van der Waals surface area contributed by atoms with Crippen molar-refractivity contribution in [3.63, 3.8) is 0 Å². The van der Waals surface area contributed by atoms with Gasteiger partial charge >= 0.3 is 0 Å². The van der Waals surface area contributed by atoms with Crippen molar-refractivity contribution in [2.24, 2.45) is 4.99 Å². The molecule has 0 aliphatic carbocycles. The number of hydrogen-bond donors (Lipinski definition) is 0. The average Bonchev–Trinajstić information content (AvgIpc) is 2.45. The molecule has 0 unspecified atom stereocenters. The fourth-order valence-corrected chi connectivity index (χ4v) is 2.26. The molecule has 3 heteroatoms. The lowest BCUT2D eigenvalue weighted by Crippen LogP contribution is -2.06. The van der Waals surface area contributed by atoms with Crippen molar-refractivity contribution in [2.45, 2.75) is 27.2 Å². The molecular formula is C18H18FNO. The van der Waals surface area contributed by atoms with Crippen molar-refractivity contribution < 1.29 is 9.18 Å². The predicted octanol–water partition coefficient (Wildman–Crippen LogP) is 4.59. The molecular weight excluding hydrogens is 265 g/mol. The first-order valence-electron chi connectivity index (χ1n) is 6.89. The van der Waals surface area contributed by atoms with Gasteiger partial charge in [-0.25, -0.2) is 4.39 Å². The standard InChI is InChI=1S/C18H18FNO/c1-4-20-17-10-12(2)16(9-13(17)3)18(21)11-14-5-7-15(19)8-6-14/h4-10H,11H2,1-3H3. The molecule has 0 amide bonds. The molecule has 0 fully saturated rings. The van der Waals surface area contributed by atoms with E-state index in [-0.39, 0.29) is 18.0 Å². The van der Waals surface area contributed by atoms with E-state index in [9.17, 15) is 9.18 Å². The second kappa shape index (κ2) is 6.44. The molecule has 0 aliphatic rings. The molecule has 0 bridgehead atoms. The molecule has 0 aromatic heterocycles. The highest BCUT2D eigenvalue weighted by atomic mass is 19.1. The van der Waals surface area contributed by atoms with Crippen LogP contribution in [0.2, 0.25) is 0 Å². The molecule has 2 nitrogen and oxygen atoms in total. The molecule has 0 spiro atoms. The van der Waals surface area contributed by atoms with Crippen LogP contribution in [-0.4, -0.2) is 12.0 Å². The SMILES string of the molecule is CC=Nc1cc(C)c(C(=O)Cc2ccc(F)cc2)cc1C. The summed E-state index contributed by atoms with van der Waals surface area (Å²) in [6, 6.07) is 9.84. The summed E-state index contributed by atoms with van der Waals surface area (Å²) < 4.78 is 12.9. The Labute approximate surface area is 124 Å². The maximum absolute atomic E-state index is 12.9. The molecule has 0 saturated carbocycles. The van der Waals surface area contributed by atoms with Gasteiger partial charge in [0.15, 0.2) is 5.78 Å². The third kappa shape index (κ3) is 3.63. The van der Waals surface area contributed by atoms with Crippen molar-refractivity contribution in [1.29, 1.82) is 0 Å². The zero-order valence-electron chi connectivity index (χ0n) is 12.5. The van der Waals surface area contributed by atoms with E-state index in [2.05, 4.69) is 4.99 Å². The first kappa shape index (κ1) is 15.1. The number of nitrogens with zero attached hydrogens (tertiary/aromatic N) is 1. The van der Waals surface area contributed by atoms with Crippen molar-refractivity contribution in [3.8, 4) is 0 Å². The minimum atomic E-state index is -0.292. The van der Waals surface area contributed by atoms with Gasteiger partial charge in [0.05, 0.1) is 5.69 Å². The van der Waals surface area contributed by atoms with Crippen LogP contribution in [0.25, 0.3) is 0 Å². The van der Waals surface area contributed by atoms with Crippen molar-refractivity contribution >= 4 is 17.7 Å². The Morgan fingerprint density at radius 1 is 1.14 bits per heavy atom. The zero-order valence-corrected chi connectivity index (χ0v) is 12.5. The summed E-state index contributed by atoms with van der Waals surface area (Å²) in [5.74, 6) is -0.255. The van der Waals surface area contributed by atoms with E-state index in [0.717, 1.165) is 22.4 Å². The molecule has 0 aliphatic heterocycles. The molecule has 0 radical (unpaired) electrons. The number of halogens is 1. The van der Waals surface area contributed by atoms with Gasteiger partial charge in [0.25, 0.3) is 0 Å². The van der Waals surface area contributed by atoms with E-state index in [4.69, 9.17) is 0 Å². The number of carbonyl (C=O) groups excluding carboxylic acids is 1. The minimum Gasteiger partial charge on any atom is -0.294 e. The summed E-state index contributed by atoms with van der Waals surface area (Å²) in [4.78, 5) is 16.7. The van der Waals surface area contributed by atoms with Gasteiger partial charge in [-0.05, 0) is 61.7 Å². The summed E-state index contributed by atoms with van der Waals surface area (Å²) in [6.45, 7) is 5.71. The van der Waals surface area contributed by atoms with Crippen molar-refractivity contribution in [2.75, 3.05) is 0 Å². The predicted molar refractivity (Wildman–Crippen MR) is 84.2 cm³/mol. The topological polar surface area (TPSA) is 29.4 Å². The van der Waals surface area contributed by atoms with Crippen molar-refractivity contribution in [1.82, 2.24) is 0 Å². The van der Waals surface area contributed by atoms with Crippen LogP contribution in [0.1, 0.15) is 34.0 Å². The summed E-state index contributed by atoms with van der Waals surface area (Å²) in [5.41, 5.74) is 4.28. The number of ketones is 1. The van der Waals surface area contributed by atoms with E-state index in [1.54, 1.807) is 18.3 Å². The van der Waals surface area contributed by atoms with E-state index in [0.29, 0.717) is 5.56 Å². The lowest BCUT2D eigenvalue weighted by atomic mass is 9.96. The van der Waals surface area contributed by atoms with Gasteiger partial charge in [0.1, 0.15) is 5.82 Å². The van der Waals surface area contributed by atoms with Crippen molar-refractivity contribution in [3.05, 3.63) is 64.5 Å². The number of benzene rings is 2. The molecule has 108 valence electrons. The van der Waals surface area contributed by atoms with Gasteiger partial charge in [-0.1, -0.05) is 12.1 Å². The molecule has 0 atom stereocenters. The fraction of sp³-hybridized carbons (Fsp3) is 0.222. The van der Waals surface area contributed by atoms with Gasteiger partial charge in [0, 0.05) is 18.2 Å². The van der Waals surface area contributed by atoms with Crippen LogP contribution in [0.15, 0.2) is 41.4 Å². The maximum Gasteiger partial charge on any atom is 0.167 e. The first-order valence-corrected chi connectivity index (χ1v) is 6.89. The van der Waals surface area contributed by atoms with Gasteiger partial charge in [0.2, 0.25) is 0 Å². The number of hydrogen-bond acceptors (Lipinski definition) is 2. The summed E-state index contributed by atoms with van der Waals surface area (Å²) >= 11 is 0. The van der Waals surface area contributed by atoms with Crippen LogP contribution >= 0.6 is 0 Å². The number of carbonyl (C=O) groups is 1.